The number of hydrogen-bond acceptors (Lipinski definition) is 2. The number of nitrogens with two attached hydrogens (primary N) is 1. The molecule has 2 rings (SSSR count). The highest BCUT2D eigenvalue weighted by atomic mass is 32.1. The van der Waals surface area contributed by atoms with Gasteiger partial charge >= 0.3 is 0 Å². The fourth-order valence-electron chi connectivity index (χ4n) is 2.68. The van der Waals surface area contributed by atoms with E-state index in [4.69, 9.17) is 5.73 Å². The van der Waals surface area contributed by atoms with Gasteiger partial charge in [0.1, 0.15) is 0 Å². The molecular weight excluding hydrogens is 214 g/mol. The summed E-state index contributed by atoms with van der Waals surface area (Å²) in [6.07, 6.45) is 6.40. The largest absolute Gasteiger partial charge is 0.327 e. The van der Waals surface area contributed by atoms with Crippen molar-refractivity contribution in [3.8, 4) is 0 Å². The zero-order valence-corrected chi connectivity index (χ0v) is 11.2. The number of rotatable bonds is 3. The second-order valence-corrected chi connectivity index (χ2v) is 6.98. The molecule has 1 saturated carbocycles. The molecule has 1 aliphatic carbocycles. The fourth-order valence-corrected chi connectivity index (χ4v) is 3.46. The summed E-state index contributed by atoms with van der Waals surface area (Å²) in [5.74, 6) is 0.745. The Hall–Kier alpha value is -0.340. The van der Waals surface area contributed by atoms with E-state index in [1.807, 2.05) is 11.3 Å². The van der Waals surface area contributed by atoms with Crippen LogP contribution in [-0.4, -0.2) is 6.04 Å². The lowest BCUT2D eigenvalue weighted by molar-refractivity contribution is 0.173. The van der Waals surface area contributed by atoms with Crippen LogP contribution in [0.25, 0.3) is 0 Å². The Kier molecular flexibility index (Phi) is 3.70. The summed E-state index contributed by atoms with van der Waals surface area (Å²) in [6, 6.07) is 4.70. The maximum atomic E-state index is 6.33. The molecule has 16 heavy (non-hydrogen) atoms. The zero-order valence-electron chi connectivity index (χ0n) is 10.4. The molecule has 0 saturated heterocycles. The standard InChI is InChI=1S/C14H23NS/c1-14(2)7-5-11(6-8-14)13(15)10-12-4-3-9-16-12/h3-4,9,11,13H,5-8,10,15H2,1-2H3. The van der Waals surface area contributed by atoms with E-state index >= 15 is 0 Å². The van der Waals surface area contributed by atoms with Crippen molar-refractivity contribution in [3.63, 3.8) is 0 Å². The van der Waals surface area contributed by atoms with Crippen LogP contribution in [0.2, 0.25) is 0 Å². The lowest BCUT2D eigenvalue weighted by Crippen LogP contribution is -2.36. The molecule has 2 heteroatoms. The van der Waals surface area contributed by atoms with Crippen LogP contribution in [0.1, 0.15) is 44.4 Å². The Balaban J connectivity index is 1.85. The van der Waals surface area contributed by atoms with Gasteiger partial charge in [-0.3, -0.25) is 0 Å². The van der Waals surface area contributed by atoms with E-state index in [0.717, 1.165) is 12.3 Å². The first kappa shape index (κ1) is 12.1. The van der Waals surface area contributed by atoms with Gasteiger partial charge < -0.3 is 5.73 Å². The first-order chi connectivity index (χ1) is 7.57. The molecule has 0 radical (unpaired) electrons. The molecule has 1 nitrogen and oxygen atoms in total. The fraction of sp³-hybridized carbons (Fsp3) is 0.714. The Morgan fingerprint density at radius 1 is 1.44 bits per heavy atom. The molecule has 1 unspecified atom stereocenters. The van der Waals surface area contributed by atoms with Crippen LogP contribution >= 0.6 is 11.3 Å². The van der Waals surface area contributed by atoms with Crippen molar-refractivity contribution in [1.82, 2.24) is 0 Å². The van der Waals surface area contributed by atoms with Crippen LogP contribution in [0, 0.1) is 11.3 Å². The summed E-state index contributed by atoms with van der Waals surface area (Å²) >= 11 is 1.84. The third kappa shape index (κ3) is 3.08. The van der Waals surface area contributed by atoms with Crippen LogP contribution in [-0.2, 0) is 6.42 Å². The van der Waals surface area contributed by atoms with Gasteiger partial charge in [-0.25, -0.2) is 0 Å². The summed E-state index contributed by atoms with van der Waals surface area (Å²) in [5.41, 5.74) is 6.89. The van der Waals surface area contributed by atoms with Crippen LogP contribution < -0.4 is 5.73 Å². The normalized spacial score (nSPS) is 23.2. The molecular formula is C14H23NS. The molecule has 0 amide bonds. The van der Waals surface area contributed by atoms with Gasteiger partial charge in [0.2, 0.25) is 0 Å². The van der Waals surface area contributed by atoms with Gasteiger partial charge in [0.05, 0.1) is 0 Å². The first-order valence-electron chi connectivity index (χ1n) is 6.35. The van der Waals surface area contributed by atoms with E-state index in [1.54, 1.807) is 0 Å². The summed E-state index contributed by atoms with van der Waals surface area (Å²) in [5, 5.41) is 2.14. The lowest BCUT2D eigenvalue weighted by atomic mass is 9.71. The average molecular weight is 237 g/mol. The van der Waals surface area contributed by atoms with Crippen molar-refractivity contribution < 1.29 is 0 Å². The number of thiophene rings is 1. The van der Waals surface area contributed by atoms with Crippen molar-refractivity contribution in [1.29, 1.82) is 0 Å². The Morgan fingerprint density at radius 2 is 2.12 bits per heavy atom. The molecule has 0 aliphatic heterocycles. The van der Waals surface area contributed by atoms with Crippen LogP contribution in [0.15, 0.2) is 17.5 Å². The van der Waals surface area contributed by atoms with Crippen molar-refractivity contribution in [2.24, 2.45) is 17.1 Å². The van der Waals surface area contributed by atoms with E-state index in [0.29, 0.717) is 11.5 Å². The van der Waals surface area contributed by atoms with Crippen molar-refractivity contribution in [2.75, 3.05) is 0 Å². The minimum Gasteiger partial charge on any atom is -0.327 e. The van der Waals surface area contributed by atoms with E-state index in [9.17, 15) is 0 Å². The molecule has 0 spiro atoms. The van der Waals surface area contributed by atoms with Gasteiger partial charge in [-0.1, -0.05) is 19.9 Å². The molecule has 1 atom stereocenters. The second kappa shape index (κ2) is 4.89. The van der Waals surface area contributed by atoms with Crippen LogP contribution in [0.3, 0.4) is 0 Å². The molecule has 0 aromatic carbocycles. The summed E-state index contributed by atoms with van der Waals surface area (Å²) in [6.45, 7) is 4.77. The number of hydrogen-bond donors (Lipinski definition) is 1. The van der Waals surface area contributed by atoms with E-state index in [2.05, 4.69) is 31.4 Å². The molecule has 90 valence electrons. The molecule has 1 heterocycles. The minimum atomic E-state index is 0.370. The minimum absolute atomic E-state index is 0.370. The van der Waals surface area contributed by atoms with Gasteiger partial charge in [0.15, 0.2) is 0 Å². The smallest absolute Gasteiger partial charge is 0.0116 e. The third-order valence-electron chi connectivity index (χ3n) is 4.01. The quantitative estimate of drug-likeness (QED) is 0.849. The van der Waals surface area contributed by atoms with Crippen molar-refractivity contribution >= 4 is 11.3 Å². The molecule has 1 aliphatic rings. The third-order valence-corrected chi connectivity index (χ3v) is 4.91. The van der Waals surface area contributed by atoms with E-state index < -0.39 is 0 Å². The van der Waals surface area contributed by atoms with E-state index in [-0.39, 0.29) is 0 Å². The van der Waals surface area contributed by atoms with Gasteiger partial charge in [-0.05, 0) is 54.9 Å². The van der Waals surface area contributed by atoms with Crippen LogP contribution in [0.5, 0.6) is 0 Å². The monoisotopic (exact) mass is 237 g/mol. The van der Waals surface area contributed by atoms with Gasteiger partial charge in [-0.2, -0.15) is 0 Å². The molecule has 1 fully saturated rings. The van der Waals surface area contributed by atoms with Gasteiger partial charge in [0, 0.05) is 10.9 Å². The maximum Gasteiger partial charge on any atom is 0.0116 e. The van der Waals surface area contributed by atoms with Gasteiger partial charge in [0.25, 0.3) is 0 Å². The zero-order chi connectivity index (χ0) is 11.6. The van der Waals surface area contributed by atoms with E-state index in [1.165, 1.54) is 30.6 Å². The lowest BCUT2D eigenvalue weighted by Gasteiger charge is -2.36. The Bertz CT molecular complexity index is 305. The molecule has 1 aromatic rings. The summed E-state index contributed by atoms with van der Waals surface area (Å²) in [7, 11) is 0. The summed E-state index contributed by atoms with van der Waals surface area (Å²) < 4.78 is 0. The van der Waals surface area contributed by atoms with Crippen LogP contribution in [0.4, 0.5) is 0 Å². The highest BCUT2D eigenvalue weighted by molar-refractivity contribution is 7.09. The topological polar surface area (TPSA) is 26.0 Å². The molecule has 0 bridgehead atoms. The molecule has 2 N–H and O–H groups in total. The summed E-state index contributed by atoms with van der Waals surface area (Å²) in [4.78, 5) is 1.44. The second-order valence-electron chi connectivity index (χ2n) is 5.95. The van der Waals surface area contributed by atoms with Crippen molar-refractivity contribution in [2.45, 2.75) is 52.0 Å². The average Bonchev–Trinajstić information content (AvgIpc) is 2.70. The predicted octanol–water partition coefficient (Wildman–Crippen LogP) is 3.83. The SMILES string of the molecule is CC1(C)CCC(C(N)Cc2cccs2)CC1. The highest BCUT2D eigenvalue weighted by Crippen LogP contribution is 2.39. The maximum absolute atomic E-state index is 6.33. The van der Waals surface area contributed by atoms with Gasteiger partial charge in [-0.15, -0.1) is 11.3 Å². The molecule has 1 aromatic heterocycles. The Morgan fingerprint density at radius 3 is 2.69 bits per heavy atom. The predicted molar refractivity (Wildman–Crippen MR) is 71.7 cm³/mol. The Labute approximate surface area is 103 Å². The highest BCUT2D eigenvalue weighted by Gasteiger charge is 2.29. The first-order valence-corrected chi connectivity index (χ1v) is 7.23. The van der Waals surface area contributed by atoms with Crippen molar-refractivity contribution in [3.05, 3.63) is 22.4 Å².